The zero-order chi connectivity index (χ0) is 25.2. The van der Waals surface area contributed by atoms with Gasteiger partial charge >= 0.3 is 7.82 Å². The summed E-state index contributed by atoms with van der Waals surface area (Å²) in [5.41, 5.74) is 0.998. The van der Waals surface area contributed by atoms with Crippen molar-refractivity contribution in [3.05, 3.63) is 54.1 Å². The molecule has 0 heterocycles. The van der Waals surface area contributed by atoms with Gasteiger partial charge in [-0.05, 0) is 36.2 Å². The van der Waals surface area contributed by atoms with Gasteiger partial charge in [0.15, 0.2) is 0 Å². The molecule has 35 heavy (non-hydrogen) atoms. The quantitative estimate of drug-likeness (QED) is 0.0903. The van der Waals surface area contributed by atoms with Gasteiger partial charge in [-0.2, -0.15) is 0 Å². The molecule has 0 aromatic heterocycles. The molecule has 5 nitrogen and oxygen atoms in total. The normalized spacial score (nSPS) is 12.8. The fourth-order valence-electron chi connectivity index (χ4n) is 3.79. The molecule has 0 amide bonds. The second-order valence-electron chi connectivity index (χ2n) is 8.81. The second kappa shape index (κ2) is 17.9. The number of benzene rings is 2. The Bertz CT molecular complexity index is 876. The van der Waals surface area contributed by atoms with Crippen molar-refractivity contribution in [1.29, 1.82) is 0 Å². The number of rotatable bonds is 20. The first-order chi connectivity index (χ1) is 17.1. The lowest BCUT2D eigenvalue weighted by molar-refractivity contribution is 0.249. The number of phosphoric acid groups is 1. The third kappa shape index (κ3) is 12.9. The molecule has 0 saturated heterocycles. The standard InChI is InChI=1S/C28H42BrO5P/c1-3-4-5-6-7-8-9-10-11-12-13-14-21-32-26-18-16-20-28(23-26)34-35(30,31-2)33-27-19-15-17-25(22-27)24-29/h15-20,22-23H,3-14,21,24H2,1-2H3. The highest BCUT2D eigenvalue weighted by molar-refractivity contribution is 9.08. The van der Waals surface area contributed by atoms with Crippen LogP contribution >= 0.6 is 23.8 Å². The van der Waals surface area contributed by atoms with Crippen LogP contribution < -0.4 is 13.8 Å². The molecule has 196 valence electrons. The minimum Gasteiger partial charge on any atom is -0.493 e. The summed E-state index contributed by atoms with van der Waals surface area (Å²) >= 11 is 3.40. The van der Waals surface area contributed by atoms with Gasteiger partial charge in [-0.15, -0.1) is 0 Å². The lowest BCUT2D eigenvalue weighted by Crippen LogP contribution is -2.03. The summed E-state index contributed by atoms with van der Waals surface area (Å²) in [5.74, 6) is 1.47. The molecular weight excluding hydrogens is 527 g/mol. The monoisotopic (exact) mass is 568 g/mol. The largest absolute Gasteiger partial charge is 0.587 e. The van der Waals surface area contributed by atoms with E-state index in [1.165, 1.54) is 77.7 Å². The van der Waals surface area contributed by atoms with Crippen molar-refractivity contribution in [2.45, 2.75) is 89.3 Å². The van der Waals surface area contributed by atoms with Crippen LogP contribution in [0.4, 0.5) is 0 Å². The Balaban J connectivity index is 1.65. The number of alkyl halides is 1. The van der Waals surface area contributed by atoms with Crippen molar-refractivity contribution in [3.8, 4) is 17.2 Å². The van der Waals surface area contributed by atoms with E-state index in [-0.39, 0.29) is 0 Å². The molecule has 7 heteroatoms. The van der Waals surface area contributed by atoms with Gasteiger partial charge in [0.25, 0.3) is 0 Å². The SMILES string of the molecule is CCCCCCCCCCCCCCOc1cccc(OP(=O)(OC)Oc2cccc(CBr)c2)c1. The van der Waals surface area contributed by atoms with E-state index in [9.17, 15) is 4.57 Å². The third-order valence-electron chi connectivity index (χ3n) is 5.78. The lowest BCUT2D eigenvalue weighted by atomic mass is 10.1. The topological polar surface area (TPSA) is 54.0 Å². The number of hydrogen-bond acceptors (Lipinski definition) is 5. The molecule has 2 rings (SSSR count). The van der Waals surface area contributed by atoms with Crippen LogP contribution in [0.15, 0.2) is 48.5 Å². The van der Waals surface area contributed by atoms with Gasteiger partial charge in [0.2, 0.25) is 0 Å². The predicted octanol–water partition coefficient (Wildman–Crippen LogP) is 9.87. The van der Waals surface area contributed by atoms with Crippen LogP contribution in [0.25, 0.3) is 0 Å². The van der Waals surface area contributed by atoms with Crippen molar-refractivity contribution < 1.29 is 22.9 Å². The van der Waals surface area contributed by atoms with Gasteiger partial charge in [0, 0.05) is 18.5 Å². The van der Waals surface area contributed by atoms with Crippen molar-refractivity contribution in [3.63, 3.8) is 0 Å². The maximum Gasteiger partial charge on any atom is 0.587 e. The van der Waals surface area contributed by atoms with Gasteiger partial charge in [0.1, 0.15) is 17.2 Å². The van der Waals surface area contributed by atoms with Gasteiger partial charge in [0.05, 0.1) is 6.61 Å². The number of halogens is 1. The molecule has 0 aliphatic carbocycles. The zero-order valence-electron chi connectivity index (χ0n) is 21.4. The summed E-state index contributed by atoms with van der Waals surface area (Å²) in [6, 6.07) is 14.4. The molecule has 0 spiro atoms. The molecule has 0 fully saturated rings. The Kier molecular flexibility index (Phi) is 15.2. The summed E-state index contributed by atoms with van der Waals surface area (Å²) in [5, 5.41) is 0.668. The van der Waals surface area contributed by atoms with Crippen LogP contribution in [0.1, 0.15) is 89.5 Å². The maximum absolute atomic E-state index is 13.0. The first-order valence-electron chi connectivity index (χ1n) is 13.0. The molecular formula is C28H42BrO5P. The first-order valence-corrected chi connectivity index (χ1v) is 15.6. The predicted molar refractivity (Wildman–Crippen MR) is 148 cm³/mol. The summed E-state index contributed by atoms with van der Waals surface area (Å²) in [7, 11) is -2.52. The number of ether oxygens (including phenoxy) is 1. The molecule has 0 aliphatic heterocycles. The minimum atomic E-state index is -3.83. The summed E-state index contributed by atoms with van der Waals surface area (Å²) in [4.78, 5) is 0. The van der Waals surface area contributed by atoms with E-state index in [0.717, 1.165) is 12.0 Å². The molecule has 0 saturated carbocycles. The van der Waals surface area contributed by atoms with Crippen LogP contribution in [0, 0.1) is 0 Å². The molecule has 0 bridgehead atoms. The summed E-state index contributed by atoms with van der Waals surface area (Å²) in [6.07, 6.45) is 15.8. The average Bonchev–Trinajstić information content (AvgIpc) is 2.87. The van der Waals surface area contributed by atoms with E-state index in [0.29, 0.717) is 29.2 Å². The number of hydrogen-bond donors (Lipinski definition) is 0. The molecule has 0 aliphatic rings. The van der Waals surface area contributed by atoms with Crippen molar-refractivity contribution in [2.24, 2.45) is 0 Å². The van der Waals surface area contributed by atoms with Crippen LogP contribution in [-0.4, -0.2) is 13.7 Å². The van der Waals surface area contributed by atoms with Gasteiger partial charge < -0.3 is 13.8 Å². The van der Waals surface area contributed by atoms with E-state index in [1.807, 2.05) is 18.2 Å². The Hall–Kier alpha value is -1.49. The zero-order valence-corrected chi connectivity index (χ0v) is 23.9. The van der Waals surface area contributed by atoms with Crippen molar-refractivity contribution in [2.75, 3.05) is 13.7 Å². The molecule has 2 aromatic carbocycles. The van der Waals surface area contributed by atoms with E-state index in [2.05, 4.69) is 22.9 Å². The summed E-state index contributed by atoms with van der Waals surface area (Å²) in [6.45, 7) is 2.92. The fourth-order valence-corrected chi connectivity index (χ4v) is 5.07. The Morgan fingerprint density at radius 2 is 1.23 bits per heavy atom. The Labute approximate surface area is 220 Å². The third-order valence-corrected chi connectivity index (χ3v) is 7.75. The van der Waals surface area contributed by atoms with Crippen LogP contribution in [0.5, 0.6) is 17.2 Å². The second-order valence-corrected chi connectivity index (χ2v) is 11.0. The van der Waals surface area contributed by atoms with Gasteiger partial charge in [-0.25, -0.2) is 4.57 Å². The number of unbranched alkanes of at least 4 members (excludes halogenated alkanes) is 11. The van der Waals surface area contributed by atoms with E-state index < -0.39 is 7.82 Å². The maximum atomic E-state index is 13.0. The fraction of sp³-hybridized carbons (Fsp3) is 0.571. The van der Waals surface area contributed by atoms with Crippen LogP contribution in [0.3, 0.4) is 0 Å². The Morgan fingerprint density at radius 3 is 1.80 bits per heavy atom. The lowest BCUT2D eigenvalue weighted by Gasteiger charge is -2.18. The van der Waals surface area contributed by atoms with E-state index in [4.69, 9.17) is 18.3 Å². The van der Waals surface area contributed by atoms with Crippen molar-refractivity contribution in [1.82, 2.24) is 0 Å². The smallest absolute Gasteiger partial charge is 0.493 e. The van der Waals surface area contributed by atoms with Crippen LogP contribution in [0.2, 0.25) is 0 Å². The van der Waals surface area contributed by atoms with Crippen molar-refractivity contribution >= 4 is 23.8 Å². The average molecular weight is 570 g/mol. The first kappa shape index (κ1) is 29.7. The highest BCUT2D eigenvalue weighted by Gasteiger charge is 2.29. The van der Waals surface area contributed by atoms with Gasteiger partial charge in [-0.1, -0.05) is 112 Å². The van der Waals surface area contributed by atoms with E-state index >= 15 is 0 Å². The number of phosphoric ester groups is 1. The highest BCUT2D eigenvalue weighted by atomic mass is 79.9. The molecule has 2 aromatic rings. The Morgan fingerprint density at radius 1 is 0.714 bits per heavy atom. The van der Waals surface area contributed by atoms with E-state index in [1.54, 1.807) is 30.3 Å². The minimum absolute atomic E-state index is 0.374. The molecule has 1 atom stereocenters. The summed E-state index contributed by atoms with van der Waals surface area (Å²) < 4.78 is 35.2. The van der Waals surface area contributed by atoms with Crippen LogP contribution in [-0.2, 0) is 14.4 Å². The molecule has 1 unspecified atom stereocenters. The molecule has 0 radical (unpaired) electrons. The van der Waals surface area contributed by atoms with Gasteiger partial charge in [-0.3, -0.25) is 4.52 Å². The highest BCUT2D eigenvalue weighted by Crippen LogP contribution is 2.49. The molecule has 0 N–H and O–H groups in total.